The Labute approximate surface area is 171 Å². The number of hydrogen-bond donors (Lipinski definition) is 1. The molecule has 0 saturated heterocycles. The summed E-state index contributed by atoms with van der Waals surface area (Å²) in [6.07, 6.45) is 0. The maximum Gasteiger partial charge on any atom is 0.278 e. The molecule has 4 aromatic rings. The fourth-order valence-electron chi connectivity index (χ4n) is 3.02. The molecular formula is C21H19N5O2S. The minimum absolute atomic E-state index is 0.167. The summed E-state index contributed by atoms with van der Waals surface area (Å²) >= 11 is 1.29. The first-order valence-electron chi connectivity index (χ1n) is 9.15. The van der Waals surface area contributed by atoms with Crippen LogP contribution in [-0.2, 0) is 7.05 Å². The van der Waals surface area contributed by atoms with Crippen LogP contribution >= 0.6 is 11.3 Å². The molecule has 0 bridgehead atoms. The standard InChI is InChI=1S/C21H19N5O2S/c1-12(2)13-8-10-14(11-9-13)19-23-24-21(29-19)22-18(27)17-15-6-4-5-7-16(15)20(28)26(3)25-17/h4-12H,1-3H3,(H,22,24,27). The number of benzene rings is 2. The number of aryl methyl sites for hydroxylation is 1. The van der Waals surface area contributed by atoms with Crippen LogP contribution in [0.4, 0.5) is 5.13 Å². The van der Waals surface area contributed by atoms with Gasteiger partial charge < -0.3 is 0 Å². The van der Waals surface area contributed by atoms with Crippen LogP contribution in [0.5, 0.6) is 0 Å². The first-order chi connectivity index (χ1) is 13.9. The Morgan fingerprint density at radius 1 is 1.03 bits per heavy atom. The smallest absolute Gasteiger partial charge is 0.278 e. The van der Waals surface area contributed by atoms with Crippen LogP contribution < -0.4 is 10.9 Å². The van der Waals surface area contributed by atoms with Crippen molar-refractivity contribution in [1.29, 1.82) is 0 Å². The Morgan fingerprint density at radius 2 is 1.72 bits per heavy atom. The molecule has 0 unspecified atom stereocenters. The van der Waals surface area contributed by atoms with E-state index >= 15 is 0 Å². The third kappa shape index (κ3) is 3.66. The average molecular weight is 405 g/mol. The molecule has 2 heterocycles. The highest BCUT2D eigenvalue weighted by Gasteiger charge is 2.17. The second kappa shape index (κ2) is 7.56. The first kappa shape index (κ1) is 18.9. The molecule has 29 heavy (non-hydrogen) atoms. The third-order valence-electron chi connectivity index (χ3n) is 4.64. The Bertz CT molecular complexity index is 1260. The van der Waals surface area contributed by atoms with E-state index in [9.17, 15) is 9.59 Å². The van der Waals surface area contributed by atoms with E-state index in [0.717, 1.165) is 5.56 Å². The molecule has 0 aliphatic carbocycles. The monoisotopic (exact) mass is 405 g/mol. The van der Waals surface area contributed by atoms with E-state index in [1.807, 2.05) is 12.1 Å². The van der Waals surface area contributed by atoms with Gasteiger partial charge >= 0.3 is 0 Å². The van der Waals surface area contributed by atoms with Gasteiger partial charge in [0.15, 0.2) is 5.69 Å². The lowest BCUT2D eigenvalue weighted by Gasteiger charge is -2.07. The van der Waals surface area contributed by atoms with Gasteiger partial charge in [-0.15, -0.1) is 10.2 Å². The van der Waals surface area contributed by atoms with Crippen LogP contribution in [0.25, 0.3) is 21.3 Å². The zero-order valence-electron chi connectivity index (χ0n) is 16.2. The summed E-state index contributed by atoms with van der Waals surface area (Å²) in [5.74, 6) is 0.0205. The lowest BCUT2D eigenvalue weighted by Crippen LogP contribution is -2.25. The number of carbonyl (C=O) groups excluding carboxylic acids is 1. The van der Waals surface area contributed by atoms with Crippen LogP contribution in [0.3, 0.4) is 0 Å². The molecule has 1 amide bonds. The molecule has 0 aliphatic heterocycles. The van der Waals surface area contributed by atoms with E-state index in [1.54, 1.807) is 24.3 Å². The summed E-state index contributed by atoms with van der Waals surface area (Å²) in [6, 6.07) is 15.1. The van der Waals surface area contributed by atoms with Gasteiger partial charge in [0, 0.05) is 18.0 Å². The fraction of sp³-hybridized carbons (Fsp3) is 0.190. The largest absolute Gasteiger partial charge is 0.295 e. The van der Waals surface area contributed by atoms with Gasteiger partial charge in [-0.05, 0) is 17.5 Å². The van der Waals surface area contributed by atoms with Gasteiger partial charge in [-0.1, -0.05) is 67.6 Å². The minimum Gasteiger partial charge on any atom is -0.295 e. The van der Waals surface area contributed by atoms with Crippen molar-refractivity contribution >= 4 is 33.1 Å². The number of nitrogens with one attached hydrogen (secondary N) is 1. The molecule has 7 nitrogen and oxygen atoms in total. The van der Waals surface area contributed by atoms with Crippen LogP contribution in [0.1, 0.15) is 35.8 Å². The lowest BCUT2D eigenvalue weighted by molar-refractivity contribution is 0.102. The molecule has 0 fully saturated rings. The topological polar surface area (TPSA) is 89.8 Å². The van der Waals surface area contributed by atoms with E-state index in [4.69, 9.17) is 0 Å². The summed E-state index contributed by atoms with van der Waals surface area (Å²) in [7, 11) is 1.52. The number of aromatic nitrogens is 4. The van der Waals surface area contributed by atoms with Gasteiger partial charge in [0.2, 0.25) is 5.13 Å². The molecule has 2 aromatic carbocycles. The number of fused-ring (bicyclic) bond motifs is 1. The number of carbonyl (C=O) groups is 1. The normalized spacial score (nSPS) is 11.2. The number of hydrogen-bond acceptors (Lipinski definition) is 6. The van der Waals surface area contributed by atoms with Crippen LogP contribution in [0.2, 0.25) is 0 Å². The van der Waals surface area contributed by atoms with Gasteiger partial charge in [0.25, 0.3) is 11.5 Å². The van der Waals surface area contributed by atoms with Gasteiger partial charge in [-0.25, -0.2) is 4.68 Å². The van der Waals surface area contributed by atoms with Crippen molar-refractivity contribution in [3.63, 3.8) is 0 Å². The Hall–Kier alpha value is -3.39. The van der Waals surface area contributed by atoms with Gasteiger partial charge in [0.05, 0.1) is 5.39 Å². The highest BCUT2D eigenvalue weighted by atomic mass is 32.1. The van der Waals surface area contributed by atoms with Crippen molar-refractivity contribution < 1.29 is 4.79 Å². The Kier molecular flexibility index (Phi) is 4.94. The molecule has 2 aromatic heterocycles. The summed E-state index contributed by atoms with van der Waals surface area (Å²) in [4.78, 5) is 25.0. The predicted octanol–water partition coefficient (Wildman–Crippen LogP) is 3.83. The second-order valence-electron chi connectivity index (χ2n) is 6.97. The number of rotatable bonds is 4. The SMILES string of the molecule is CC(C)c1ccc(-c2nnc(NC(=O)c3nn(C)c(=O)c4ccccc34)s2)cc1. The zero-order valence-corrected chi connectivity index (χ0v) is 17.0. The average Bonchev–Trinajstić information content (AvgIpc) is 3.19. The third-order valence-corrected chi connectivity index (χ3v) is 5.53. The predicted molar refractivity (Wildman–Crippen MR) is 114 cm³/mol. The summed E-state index contributed by atoms with van der Waals surface area (Å²) in [5, 5.41) is 17.2. The van der Waals surface area contributed by atoms with Crippen molar-refractivity contribution in [2.75, 3.05) is 5.32 Å². The number of anilines is 1. The lowest BCUT2D eigenvalue weighted by atomic mass is 10.0. The van der Waals surface area contributed by atoms with Crippen molar-refractivity contribution in [2.45, 2.75) is 19.8 Å². The van der Waals surface area contributed by atoms with Crippen molar-refractivity contribution in [3.8, 4) is 10.6 Å². The van der Waals surface area contributed by atoms with E-state index in [-0.39, 0.29) is 11.3 Å². The maximum absolute atomic E-state index is 12.8. The molecule has 0 atom stereocenters. The van der Waals surface area contributed by atoms with Crippen LogP contribution in [0.15, 0.2) is 53.3 Å². The molecule has 0 saturated carbocycles. The molecular weight excluding hydrogens is 386 g/mol. The van der Waals surface area contributed by atoms with E-state index in [1.165, 1.54) is 28.6 Å². The Balaban J connectivity index is 1.61. The van der Waals surface area contributed by atoms with E-state index in [2.05, 4.69) is 46.6 Å². The van der Waals surface area contributed by atoms with Gasteiger partial charge in [-0.3, -0.25) is 14.9 Å². The minimum atomic E-state index is -0.436. The van der Waals surface area contributed by atoms with Crippen LogP contribution in [0, 0.1) is 0 Å². The maximum atomic E-state index is 12.8. The molecule has 0 radical (unpaired) electrons. The van der Waals surface area contributed by atoms with Crippen LogP contribution in [-0.4, -0.2) is 25.9 Å². The molecule has 0 aliphatic rings. The van der Waals surface area contributed by atoms with Gasteiger partial charge in [0.1, 0.15) is 5.01 Å². The van der Waals surface area contributed by atoms with Gasteiger partial charge in [-0.2, -0.15) is 5.10 Å². The highest BCUT2D eigenvalue weighted by molar-refractivity contribution is 7.18. The number of amides is 1. The fourth-order valence-corrected chi connectivity index (χ4v) is 3.77. The number of nitrogens with zero attached hydrogens (tertiary/aromatic N) is 4. The molecule has 8 heteroatoms. The van der Waals surface area contributed by atoms with Crippen molar-refractivity contribution in [1.82, 2.24) is 20.0 Å². The van der Waals surface area contributed by atoms with E-state index in [0.29, 0.717) is 26.8 Å². The Morgan fingerprint density at radius 3 is 2.41 bits per heavy atom. The first-order valence-corrected chi connectivity index (χ1v) is 9.97. The summed E-state index contributed by atoms with van der Waals surface area (Å²) < 4.78 is 1.17. The van der Waals surface area contributed by atoms with E-state index < -0.39 is 5.91 Å². The van der Waals surface area contributed by atoms with Crippen molar-refractivity contribution in [2.24, 2.45) is 7.05 Å². The quantitative estimate of drug-likeness (QED) is 0.557. The molecule has 4 rings (SSSR count). The summed E-state index contributed by atoms with van der Waals surface area (Å²) in [6.45, 7) is 4.29. The zero-order chi connectivity index (χ0) is 20.5. The van der Waals surface area contributed by atoms with Crippen molar-refractivity contribution in [3.05, 3.63) is 70.1 Å². The molecule has 146 valence electrons. The molecule has 1 N–H and O–H groups in total. The molecule has 0 spiro atoms. The highest BCUT2D eigenvalue weighted by Crippen LogP contribution is 2.28. The summed E-state index contributed by atoms with van der Waals surface area (Å²) in [5.41, 5.74) is 2.11. The second-order valence-corrected chi connectivity index (χ2v) is 7.94.